The molecule has 5 nitrogen and oxygen atoms in total. The number of fused-ring (bicyclic) bond motifs is 3. The molecule has 0 radical (unpaired) electrons. The standard InChI is InChI=1S/C27H17ClFN5S/c28-22-7-3-1-6-20(22)25-26-21(19-5-2-4-8-23(19)32-26)13-18(31-25)14-30-34-27-33-24(15-35-27)16-9-11-17(29)12-10-16/h1-15,32H,(H,33,34)/b30-14+. The lowest BCUT2D eigenvalue weighted by molar-refractivity contribution is 0.628. The number of H-pyrrole nitrogens is 1. The molecule has 0 fully saturated rings. The second-order valence-corrected chi connectivity index (χ2v) is 9.15. The Hall–Kier alpha value is -4.07. The van der Waals surface area contributed by atoms with Crippen molar-refractivity contribution >= 4 is 56.1 Å². The van der Waals surface area contributed by atoms with E-state index in [0.29, 0.717) is 15.8 Å². The normalized spacial score (nSPS) is 11.6. The van der Waals surface area contributed by atoms with E-state index in [1.807, 2.05) is 53.9 Å². The highest BCUT2D eigenvalue weighted by atomic mass is 35.5. The molecule has 3 heterocycles. The topological polar surface area (TPSA) is 66.0 Å². The van der Waals surface area contributed by atoms with Crippen molar-refractivity contribution in [3.05, 3.63) is 101 Å². The molecule has 8 heteroatoms. The largest absolute Gasteiger partial charge is 0.353 e. The van der Waals surface area contributed by atoms with Gasteiger partial charge in [-0.2, -0.15) is 5.10 Å². The van der Waals surface area contributed by atoms with Crippen LogP contribution in [0.5, 0.6) is 0 Å². The molecular weight excluding hydrogens is 481 g/mol. The maximum absolute atomic E-state index is 13.2. The fourth-order valence-corrected chi connectivity index (χ4v) is 4.91. The minimum absolute atomic E-state index is 0.275. The molecular formula is C27H17ClFN5S. The van der Waals surface area contributed by atoms with Gasteiger partial charge < -0.3 is 4.98 Å². The van der Waals surface area contributed by atoms with Crippen molar-refractivity contribution in [1.29, 1.82) is 0 Å². The maximum Gasteiger partial charge on any atom is 0.203 e. The molecule has 0 saturated carbocycles. The summed E-state index contributed by atoms with van der Waals surface area (Å²) in [5, 5.41) is 9.66. The summed E-state index contributed by atoms with van der Waals surface area (Å²) in [6.45, 7) is 0. The number of para-hydroxylation sites is 1. The van der Waals surface area contributed by atoms with Gasteiger partial charge in [-0.25, -0.2) is 14.4 Å². The van der Waals surface area contributed by atoms with Crippen LogP contribution in [-0.2, 0) is 0 Å². The molecule has 0 amide bonds. The lowest BCUT2D eigenvalue weighted by Gasteiger charge is -2.07. The number of thiazole rings is 1. The van der Waals surface area contributed by atoms with E-state index in [1.165, 1.54) is 23.5 Å². The maximum atomic E-state index is 13.2. The number of anilines is 1. The van der Waals surface area contributed by atoms with Gasteiger partial charge in [0.15, 0.2) is 0 Å². The monoisotopic (exact) mass is 497 g/mol. The predicted molar refractivity (Wildman–Crippen MR) is 143 cm³/mol. The number of halogens is 2. The lowest BCUT2D eigenvalue weighted by atomic mass is 10.1. The van der Waals surface area contributed by atoms with Crippen LogP contribution in [0.25, 0.3) is 44.3 Å². The van der Waals surface area contributed by atoms with Crippen molar-refractivity contribution in [3.63, 3.8) is 0 Å². The van der Waals surface area contributed by atoms with Crippen LogP contribution in [-0.4, -0.2) is 21.2 Å². The molecule has 0 unspecified atom stereocenters. The number of aromatic nitrogens is 3. The second kappa shape index (κ2) is 8.94. The van der Waals surface area contributed by atoms with Gasteiger partial charge in [0.05, 0.1) is 33.8 Å². The van der Waals surface area contributed by atoms with E-state index in [9.17, 15) is 4.39 Å². The summed E-state index contributed by atoms with van der Waals surface area (Å²) < 4.78 is 13.2. The average Bonchev–Trinajstić information content (AvgIpc) is 3.50. The molecule has 0 saturated heterocycles. The van der Waals surface area contributed by atoms with Crippen LogP contribution in [0.1, 0.15) is 5.69 Å². The smallest absolute Gasteiger partial charge is 0.203 e. The third-order valence-corrected chi connectivity index (χ3v) is 6.72. The van der Waals surface area contributed by atoms with Crippen molar-refractivity contribution in [1.82, 2.24) is 15.0 Å². The Morgan fingerprint density at radius 3 is 2.60 bits per heavy atom. The second-order valence-electron chi connectivity index (χ2n) is 7.88. The Kier molecular flexibility index (Phi) is 5.48. The Morgan fingerprint density at radius 1 is 0.943 bits per heavy atom. The van der Waals surface area contributed by atoms with E-state index >= 15 is 0 Å². The van der Waals surface area contributed by atoms with Gasteiger partial charge in [-0.3, -0.25) is 5.43 Å². The van der Waals surface area contributed by atoms with Gasteiger partial charge >= 0.3 is 0 Å². The molecule has 0 aliphatic rings. The van der Waals surface area contributed by atoms with Gasteiger partial charge in [0.2, 0.25) is 5.13 Å². The molecule has 6 rings (SSSR count). The van der Waals surface area contributed by atoms with Crippen LogP contribution in [0, 0.1) is 5.82 Å². The average molecular weight is 498 g/mol. The number of nitrogens with one attached hydrogen (secondary N) is 2. The minimum atomic E-state index is -0.275. The summed E-state index contributed by atoms with van der Waals surface area (Å²) in [5.41, 5.74) is 8.81. The van der Waals surface area contributed by atoms with E-state index in [-0.39, 0.29) is 5.82 Å². The fourth-order valence-electron chi connectivity index (χ4n) is 4.01. The lowest BCUT2D eigenvalue weighted by Crippen LogP contribution is -1.96. The number of hydrazone groups is 1. The number of hydrogen-bond acceptors (Lipinski definition) is 5. The van der Waals surface area contributed by atoms with Crippen LogP contribution in [0.3, 0.4) is 0 Å². The van der Waals surface area contributed by atoms with Crippen molar-refractivity contribution in [2.45, 2.75) is 0 Å². The van der Waals surface area contributed by atoms with E-state index < -0.39 is 0 Å². The zero-order chi connectivity index (χ0) is 23.8. The molecule has 3 aromatic heterocycles. The number of nitrogens with zero attached hydrogens (tertiary/aromatic N) is 3. The van der Waals surface area contributed by atoms with E-state index in [2.05, 4.69) is 26.6 Å². The third-order valence-electron chi connectivity index (χ3n) is 5.65. The minimum Gasteiger partial charge on any atom is -0.353 e. The zero-order valence-electron chi connectivity index (χ0n) is 18.2. The van der Waals surface area contributed by atoms with Crippen molar-refractivity contribution < 1.29 is 4.39 Å². The van der Waals surface area contributed by atoms with Gasteiger partial charge in [-0.15, -0.1) is 11.3 Å². The molecule has 0 aliphatic heterocycles. The number of aromatic amines is 1. The highest BCUT2D eigenvalue weighted by molar-refractivity contribution is 7.14. The van der Waals surface area contributed by atoms with Crippen molar-refractivity contribution in [2.24, 2.45) is 5.10 Å². The summed E-state index contributed by atoms with van der Waals surface area (Å²) in [7, 11) is 0. The SMILES string of the molecule is Fc1ccc(-c2csc(N/N=C/c3cc4c([nH]c5ccccc54)c(-c4ccccc4Cl)n3)n2)cc1. The van der Waals surface area contributed by atoms with Gasteiger partial charge in [-0.05, 0) is 42.5 Å². The highest BCUT2D eigenvalue weighted by Gasteiger charge is 2.15. The van der Waals surface area contributed by atoms with E-state index in [1.54, 1.807) is 18.3 Å². The number of pyridine rings is 1. The van der Waals surface area contributed by atoms with E-state index in [4.69, 9.17) is 16.6 Å². The van der Waals surface area contributed by atoms with Crippen LogP contribution < -0.4 is 5.43 Å². The van der Waals surface area contributed by atoms with E-state index in [0.717, 1.165) is 44.3 Å². The molecule has 2 N–H and O–H groups in total. The third kappa shape index (κ3) is 4.16. The van der Waals surface area contributed by atoms with Crippen LogP contribution in [0.2, 0.25) is 5.02 Å². The molecule has 0 atom stereocenters. The van der Waals surface area contributed by atoms with Gasteiger partial charge in [-0.1, -0.05) is 48.0 Å². The fraction of sp³-hybridized carbons (Fsp3) is 0. The first-order valence-electron chi connectivity index (χ1n) is 10.8. The summed E-state index contributed by atoms with van der Waals surface area (Å²) in [4.78, 5) is 12.9. The first kappa shape index (κ1) is 21.5. The quantitative estimate of drug-likeness (QED) is 0.189. The Labute approximate surface area is 209 Å². The summed E-state index contributed by atoms with van der Waals surface area (Å²) >= 11 is 7.95. The van der Waals surface area contributed by atoms with Crippen LogP contribution in [0.4, 0.5) is 9.52 Å². The summed E-state index contributed by atoms with van der Waals surface area (Å²) in [6, 6.07) is 24.1. The molecule has 0 aliphatic carbocycles. The van der Waals surface area contributed by atoms with Gasteiger partial charge in [0.25, 0.3) is 0 Å². The van der Waals surface area contributed by atoms with Crippen molar-refractivity contribution in [2.75, 3.05) is 5.43 Å². The first-order valence-corrected chi connectivity index (χ1v) is 12.1. The molecule has 35 heavy (non-hydrogen) atoms. The summed E-state index contributed by atoms with van der Waals surface area (Å²) in [5.74, 6) is -0.275. The molecule has 0 spiro atoms. The Balaban J connectivity index is 1.36. The summed E-state index contributed by atoms with van der Waals surface area (Å²) in [6.07, 6.45) is 1.67. The molecule has 3 aromatic carbocycles. The molecule has 6 aromatic rings. The Morgan fingerprint density at radius 2 is 1.74 bits per heavy atom. The van der Waals surface area contributed by atoms with Crippen LogP contribution in [0.15, 0.2) is 89.3 Å². The predicted octanol–water partition coefficient (Wildman–Crippen LogP) is 7.75. The van der Waals surface area contributed by atoms with Crippen molar-refractivity contribution in [3.8, 4) is 22.5 Å². The van der Waals surface area contributed by atoms with Gasteiger partial charge in [0, 0.05) is 32.8 Å². The van der Waals surface area contributed by atoms with Crippen LogP contribution >= 0.6 is 22.9 Å². The molecule has 170 valence electrons. The zero-order valence-corrected chi connectivity index (χ0v) is 19.7. The first-order chi connectivity index (χ1) is 17.2. The molecule has 0 bridgehead atoms. The highest BCUT2D eigenvalue weighted by Crippen LogP contribution is 2.35. The number of benzene rings is 3. The number of hydrogen-bond donors (Lipinski definition) is 2. The number of rotatable bonds is 5. The Bertz CT molecular complexity index is 1700. The van der Waals surface area contributed by atoms with Gasteiger partial charge in [0.1, 0.15) is 5.82 Å².